The van der Waals surface area contributed by atoms with Gasteiger partial charge in [0.15, 0.2) is 0 Å². The minimum atomic E-state index is -0.442. The van der Waals surface area contributed by atoms with E-state index in [-0.39, 0.29) is 0 Å². The van der Waals surface area contributed by atoms with Gasteiger partial charge < -0.3 is 10.0 Å². The molecule has 3 heteroatoms. The van der Waals surface area contributed by atoms with Gasteiger partial charge in [0.25, 0.3) is 0 Å². The summed E-state index contributed by atoms with van der Waals surface area (Å²) in [4.78, 5) is 6.56. The Bertz CT molecular complexity index is 323. The van der Waals surface area contributed by atoms with E-state index in [1.165, 1.54) is 12.8 Å². The number of hydrogen-bond donors (Lipinski definition) is 1. The Labute approximate surface area is 104 Å². The second-order valence-electron chi connectivity index (χ2n) is 4.61. The second kappa shape index (κ2) is 6.60. The molecule has 1 unspecified atom stereocenters. The molecule has 1 aromatic heterocycles. The van der Waals surface area contributed by atoms with Gasteiger partial charge in [-0.2, -0.15) is 0 Å². The molecule has 0 saturated carbocycles. The number of aliphatic hydroxyl groups is 1. The predicted octanol–water partition coefficient (Wildman–Crippen LogP) is 3.15. The summed E-state index contributed by atoms with van der Waals surface area (Å²) in [6.45, 7) is 6.37. The van der Waals surface area contributed by atoms with Crippen LogP contribution in [0.3, 0.4) is 0 Å². The van der Waals surface area contributed by atoms with Gasteiger partial charge in [0.05, 0.1) is 23.7 Å². The van der Waals surface area contributed by atoms with Crippen LogP contribution < -0.4 is 4.90 Å². The molecule has 0 saturated heterocycles. The van der Waals surface area contributed by atoms with Crippen molar-refractivity contribution in [2.45, 2.75) is 52.2 Å². The first-order valence-corrected chi connectivity index (χ1v) is 6.47. The largest absolute Gasteiger partial charge is 0.387 e. The second-order valence-corrected chi connectivity index (χ2v) is 4.61. The van der Waals surface area contributed by atoms with E-state index in [1.807, 2.05) is 25.3 Å². The molecule has 0 fully saturated rings. The van der Waals surface area contributed by atoms with Gasteiger partial charge >= 0.3 is 0 Å². The van der Waals surface area contributed by atoms with Gasteiger partial charge in [-0.3, -0.25) is 4.98 Å². The molecule has 0 spiro atoms. The van der Waals surface area contributed by atoms with Crippen molar-refractivity contribution in [3.05, 3.63) is 24.0 Å². The zero-order valence-electron chi connectivity index (χ0n) is 11.3. The maximum atomic E-state index is 9.68. The summed E-state index contributed by atoms with van der Waals surface area (Å²) in [6, 6.07) is 4.47. The summed E-state index contributed by atoms with van der Waals surface area (Å²) in [5.74, 6) is 0. The van der Waals surface area contributed by atoms with Crippen molar-refractivity contribution in [3.8, 4) is 0 Å². The van der Waals surface area contributed by atoms with Crippen LogP contribution in [0.5, 0.6) is 0 Å². The van der Waals surface area contributed by atoms with Crippen LogP contribution in [0.4, 0.5) is 5.69 Å². The van der Waals surface area contributed by atoms with Crippen LogP contribution >= 0.6 is 0 Å². The molecule has 17 heavy (non-hydrogen) atoms. The smallest absolute Gasteiger partial charge is 0.0957 e. The minimum Gasteiger partial charge on any atom is -0.387 e. The van der Waals surface area contributed by atoms with E-state index in [9.17, 15) is 5.11 Å². The molecule has 2 atom stereocenters. The minimum absolute atomic E-state index is 0.442. The van der Waals surface area contributed by atoms with E-state index in [1.54, 1.807) is 0 Å². The van der Waals surface area contributed by atoms with Crippen molar-refractivity contribution in [1.29, 1.82) is 0 Å². The van der Waals surface area contributed by atoms with Crippen molar-refractivity contribution in [2.24, 2.45) is 0 Å². The van der Waals surface area contributed by atoms with Gasteiger partial charge in [-0.05, 0) is 31.9 Å². The monoisotopic (exact) mass is 236 g/mol. The average Bonchev–Trinajstić information content (AvgIpc) is 2.37. The van der Waals surface area contributed by atoms with Crippen LogP contribution in [0.25, 0.3) is 0 Å². The molecular weight excluding hydrogens is 212 g/mol. The van der Waals surface area contributed by atoms with Gasteiger partial charge in [0, 0.05) is 13.1 Å². The molecule has 0 aliphatic heterocycles. The molecule has 0 radical (unpaired) electrons. The Balaban J connectivity index is 2.73. The van der Waals surface area contributed by atoms with Gasteiger partial charge in [0.1, 0.15) is 0 Å². The molecule has 0 aromatic carbocycles. The lowest BCUT2D eigenvalue weighted by Crippen LogP contribution is -2.28. The number of nitrogens with zero attached hydrogens (tertiary/aromatic N) is 2. The summed E-state index contributed by atoms with van der Waals surface area (Å²) < 4.78 is 0. The summed E-state index contributed by atoms with van der Waals surface area (Å²) in [5.41, 5.74) is 1.87. The molecule has 0 aliphatic carbocycles. The van der Waals surface area contributed by atoms with E-state index in [4.69, 9.17) is 0 Å². The van der Waals surface area contributed by atoms with E-state index < -0.39 is 6.10 Å². The normalized spacial score (nSPS) is 14.4. The standard InChI is InChI=1S/C14H24N2O/c1-5-7-11(3)16(4)12-8-9-13(15-10-12)14(17)6-2/h8-11,14,17H,5-7H2,1-4H3/t11?,14-/m0/s1. The third-order valence-corrected chi connectivity index (χ3v) is 3.27. The maximum Gasteiger partial charge on any atom is 0.0957 e. The number of pyridine rings is 1. The number of anilines is 1. The fourth-order valence-electron chi connectivity index (χ4n) is 1.88. The fourth-order valence-corrected chi connectivity index (χ4v) is 1.88. The Morgan fingerprint density at radius 3 is 2.53 bits per heavy atom. The Morgan fingerprint density at radius 1 is 1.35 bits per heavy atom. The van der Waals surface area contributed by atoms with E-state index in [0.717, 1.165) is 11.4 Å². The summed E-state index contributed by atoms with van der Waals surface area (Å²) in [6.07, 6.45) is 4.47. The first-order valence-electron chi connectivity index (χ1n) is 6.47. The molecule has 96 valence electrons. The highest BCUT2D eigenvalue weighted by atomic mass is 16.3. The number of aromatic nitrogens is 1. The van der Waals surface area contributed by atoms with Gasteiger partial charge in [0.2, 0.25) is 0 Å². The zero-order chi connectivity index (χ0) is 12.8. The molecule has 1 aromatic rings. The topological polar surface area (TPSA) is 36.4 Å². The first kappa shape index (κ1) is 14.0. The van der Waals surface area contributed by atoms with Crippen LogP contribution in [-0.2, 0) is 0 Å². The van der Waals surface area contributed by atoms with Crippen LogP contribution in [0.15, 0.2) is 18.3 Å². The van der Waals surface area contributed by atoms with E-state index >= 15 is 0 Å². The zero-order valence-corrected chi connectivity index (χ0v) is 11.3. The molecule has 3 nitrogen and oxygen atoms in total. The van der Waals surface area contributed by atoms with Crippen molar-refractivity contribution < 1.29 is 5.11 Å². The Morgan fingerprint density at radius 2 is 2.06 bits per heavy atom. The summed E-state index contributed by atoms with van der Waals surface area (Å²) >= 11 is 0. The lowest BCUT2D eigenvalue weighted by atomic mass is 10.1. The predicted molar refractivity (Wildman–Crippen MR) is 72.3 cm³/mol. The molecular formula is C14H24N2O. The highest BCUT2D eigenvalue weighted by Crippen LogP contribution is 2.20. The van der Waals surface area contributed by atoms with Crippen molar-refractivity contribution in [1.82, 2.24) is 4.98 Å². The molecule has 1 rings (SSSR count). The Kier molecular flexibility index (Phi) is 5.42. The third kappa shape index (κ3) is 3.70. The van der Waals surface area contributed by atoms with Crippen molar-refractivity contribution in [2.75, 3.05) is 11.9 Å². The van der Waals surface area contributed by atoms with Crippen LogP contribution in [0.2, 0.25) is 0 Å². The molecule has 0 bridgehead atoms. The van der Waals surface area contributed by atoms with E-state index in [2.05, 4.69) is 30.8 Å². The molecule has 0 aliphatic rings. The van der Waals surface area contributed by atoms with Crippen LogP contribution in [0, 0.1) is 0 Å². The van der Waals surface area contributed by atoms with Crippen molar-refractivity contribution >= 4 is 5.69 Å². The first-order chi connectivity index (χ1) is 8.10. The Hall–Kier alpha value is -1.09. The fraction of sp³-hybridized carbons (Fsp3) is 0.643. The number of rotatable bonds is 6. The molecule has 0 amide bonds. The van der Waals surface area contributed by atoms with Gasteiger partial charge in [-0.1, -0.05) is 20.3 Å². The lowest BCUT2D eigenvalue weighted by molar-refractivity contribution is 0.169. The van der Waals surface area contributed by atoms with Gasteiger partial charge in [-0.25, -0.2) is 0 Å². The van der Waals surface area contributed by atoms with Gasteiger partial charge in [-0.15, -0.1) is 0 Å². The lowest BCUT2D eigenvalue weighted by Gasteiger charge is -2.26. The highest BCUT2D eigenvalue weighted by Gasteiger charge is 2.11. The number of hydrogen-bond acceptors (Lipinski definition) is 3. The average molecular weight is 236 g/mol. The summed E-state index contributed by atoms with van der Waals surface area (Å²) in [7, 11) is 2.09. The molecule has 1 heterocycles. The molecule has 1 N–H and O–H groups in total. The number of aliphatic hydroxyl groups excluding tert-OH is 1. The quantitative estimate of drug-likeness (QED) is 0.824. The summed E-state index contributed by atoms with van der Waals surface area (Å²) in [5, 5.41) is 9.68. The van der Waals surface area contributed by atoms with Crippen LogP contribution in [0.1, 0.15) is 51.8 Å². The SMILES string of the molecule is CCCC(C)N(C)c1ccc([C@@H](O)CC)nc1. The third-order valence-electron chi connectivity index (χ3n) is 3.27. The maximum absolute atomic E-state index is 9.68. The highest BCUT2D eigenvalue weighted by molar-refractivity contribution is 5.44. The van der Waals surface area contributed by atoms with E-state index in [0.29, 0.717) is 12.5 Å². The van der Waals surface area contributed by atoms with Crippen LogP contribution in [-0.4, -0.2) is 23.2 Å². The van der Waals surface area contributed by atoms with Crippen molar-refractivity contribution in [3.63, 3.8) is 0 Å².